The van der Waals surface area contributed by atoms with Crippen LogP contribution < -0.4 is 0 Å². The summed E-state index contributed by atoms with van der Waals surface area (Å²) >= 11 is 0. The predicted octanol–water partition coefficient (Wildman–Crippen LogP) is 4.58. The number of hydrogen-bond acceptors (Lipinski definition) is 1. The van der Waals surface area contributed by atoms with Crippen molar-refractivity contribution in [1.82, 2.24) is 0 Å². The van der Waals surface area contributed by atoms with Gasteiger partial charge in [-0.05, 0) is 40.5 Å². The van der Waals surface area contributed by atoms with Crippen LogP contribution in [0.15, 0.2) is 59.6 Å². The van der Waals surface area contributed by atoms with Gasteiger partial charge in [-0.2, -0.15) is 0 Å². The summed E-state index contributed by atoms with van der Waals surface area (Å²) in [5, 5.41) is 5.29. The first kappa shape index (κ1) is 10.7. The largest absolute Gasteiger partial charge is 0.289 e. The van der Waals surface area contributed by atoms with Crippen molar-refractivity contribution in [3.05, 3.63) is 60.2 Å². The summed E-state index contributed by atoms with van der Waals surface area (Å²) in [6.45, 7) is 0.979. The highest BCUT2D eigenvalue weighted by Crippen LogP contribution is 2.31. The average molecular weight is 245 g/mol. The van der Waals surface area contributed by atoms with E-state index in [4.69, 9.17) is 4.99 Å². The molecule has 1 nitrogen and oxygen atoms in total. The molecule has 1 aliphatic rings. The minimum atomic E-state index is 0.979. The summed E-state index contributed by atoms with van der Waals surface area (Å²) in [5.74, 6) is 0. The van der Waals surface area contributed by atoms with Crippen LogP contribution in [0, 0.1) is 0 Å². The van der Waals surface area contributed by atoms with Gasteiger partial charge in [0.2, 0.25) is 0 Å². The van der Waals surface area contributed by atoms with Crippen molar-refractivity contribution in [2.24, 2.45) is 4.99 Å². The normalized spacial score (nSPS) is 15.1. The first-order valence-corrected chi connectivity index (χ1v) is 6.88. The Morgan fingerprint density at radius 2 is 1.42 bits per heavy atom. The van der Waals surface area contributed by atoms with E-state index in [9.17, 15) is 0 Å². The van der Waals surface area contributed by atoms with Gasteiger partial charge in [0.1, 0.15) is 0 Å². The van der Waals surface area contributed by atoms with Crippen LogP contribution in [0.4, 0.5) is 0 Å². The minimum absolute atomic E-state index is 0.979. The number of aliphatic imine (C=N–C) groups is 1. The van der Waals surface area contributed by atoms with Crippen molar-refractivity contribution in [2.75, 3.05) is 6.54 Å². The van der Waals surface area contributed by atoms with Gasteiger partial charge in [0.15, 0.2) is 0 Å². The van der Waals surface area contributed by atoms with Crippen molar-refractivity contribution < 1.29 is 0 Å². The maximum Gasteiger partial charge on any atom is 0.0433 e. The Morgan fingerprint density at radius 1 is 0.789 bits per heavy atom. The van der Waals surface area contributed by atoms with Gasteiger partial charge in [-0.15, -0.1) is 0 Å². The van der Waals surface area contributed by atoms with E-state index in [-0.39, 0.29) is 0 Å². The molecule has 1 aliphatic heterocycles. The minimum Gasteiger partial charge on any atom is -0.289 e. The molecule has 4 rings (SSSR count). The zero-order valence-corrected chi connectivity index (χ0v) is 10.8. The molecule has 0 N–H and O–H groups in total. The fourth-order valence-corrected chi connectivity index (χ4v) is 3.07. The molecule has 3 aromatic rings. The van der Waals surface area contributed by atoms with Gasteiger partial charge in [0, 0.05) is 17.8 Å². The van der Waals surface area contributed by atoms with Crippen molar-refractivity contribution in [2.45, 2.75) is 12.8 Å². The molecule has 1 heteroatoms. The van der Waals surface area contributed by atoms with E-state index < -0.39 is 0 Å². The lowest BCUT2D eigenvalue weighted by Gasteiger charge is -2.11. The number of nitrogens with zero attached hydrogens (tertiary/aromatic N) is 1. The first-order chi connectivity index (χ1) is 9.43. The van der Waals surface area contributed by atoms with Crippen LogP contribution in [-0.2, 0) is 0 Å². The summed E-state index contributed by atoms with van der Waals surface area (Å²) in [7, 11) is 0. The molecule has 0 saturated heterocycles. The van der Waals surface area contributed by atoms with Gasteiger partial charge in [-0.1, -0.05) is 48.5 Å². The lowest BCUT2D eigenvalue weighted by Crippen LogP contribution is -1.99. The van der Waals surface area contributed by atoms with Gasteiger partial charge in [-0.3, -0.25) is 4.99 Å². The van der Waals surface area contributed by atoms with E-state index in [1.165, 1.54) is 39.2 Å². The van der Waals surface area contributed by atoms with E-state index in [0.29, 0.717) is 0 Å². The Labute approximate surface area is 112 Å². The molecule has 0 radical (unpaired) electrons. The van der Waals surface area contributed by atoms with Crippen LogP contribution in [0.5, 0.6) is 0 Å². The summed E-state index contributed by atoms with van der Waals surface area (Å²) in [5.41, 5.74) is 2.64. The third kappa shape index (κ3) is 1.66. The lowest BCUT2D eigenvalue weighted by molar-refractivity contribution is 0.951. The second kappa shape index (κ2) is 4.20. The molecule has 0 bridgehead atoms. The summed E-state index contributed by atoms with van der Waals surface area (Å²) in [6.07, 6.45) is 2.30. The molecule has 0 fully saturated rings. The maximum absolute atomic E-state index is 4.72. The van der Waals surface area contributed by atoms with Crippen LogP contribution in [-0.4, -0.2) is 12.3 Å². The zero-order valence-electron chi connectivity index (χ0n) is 10.8. The van der Waals surface area contributed by atoms with Crippen molar-refractivity contribution in [3.8, 4) is 0 Å². The number of rotatable bonds is 1. The smallest absolute Gasteiger partial charge is 0.0433 e. The molecule has 0 amide bonds. The molecule has 0 saturated carbocycles. The van der Waals surface area contributed by atoms with Crippen LogP contribution in [0.3, 0.4) is 0 Å². The van der Waals surface area contributed by atoms with E-state index in [2.05, 4.69) is 54.6 Å². The standard InChI is InChI=1S/C18H15N/c1-3-8-15-13(6-1)12-14-7-2-4-9-16(14)18(15)17-10-5-11-19-17/h1-4,6-9,12H,5,10-11H2. The third-order valence-corrected chi connectivity index (χ3v) is 3.93. The molecule has 0 aromatic heterocycles. The third-order valence-electron chi connectivity index (χ3n) is 3.93. The highest BCUT2D eigenvalue weighted by molar-refractivity contribution is 6.21. The highest BCUT2D eigenvalue weighted by atomic mass is 14.8. The summed E-state index contributed by atoms with van der Waals surface area (Å²) < 4.78 is 0. The fraction of sp³-hybridized carbons (Fsp3) is 0.167. The average Bonchev–Trinajstić information content (AvgIpc) is 2.98. The maximum atomic E-state index is 4.72. The fourth-order valence-electron chi connectivity index (χ4n) is 3.07. The van der Waals surface area contributed by atoms with Crippen LogP contribution in [0.2, 0.25) is 0 Å². The van der Waals surface area contributed by atoms with E-state index in [1.54, 1.807) is 0 Å². The first-order valence-electron chi connectivity index (χ1n) is 6.88. The Bertz CT molecular complexity index is 745. The number of hydrogen-bond donors (Lipinski definition) is 0. The molecule has 3 aromatic carbocycles. The molecule has 19 heavy (non-hydrogen) atoms. The van der Waals surface area contributed by atoms with Gasteiger partial charge in [0.05, 0.1) is 0 Å². The van der Waals surface area contributed by atoms with Crippen LogP contribution in [0.1, 0.15) is 18.4 Å². The second-order valence-corrected chi connectivity index (χ2v) is 5.13. The Hall–Kier alpha value is -2.15. The Morgan fingerprint density at radius 3 is 2.00 bits per heavy atom. The van der Waals surface area contributed by atoms with Crippen LogP contribution >= 0.6 is 0 Å². The quantitative estimate of drug-likeness (QED) is 0.557. The van der Waals surface area contributed by atoms with Crippen molar-refractivity contribution in [3.63, 3.8) is 0 Å². The van der Waals surface area contributed by atoms with Crippen molar-refractivity contribution >= 4 is 27.3 Å². The molecule has 1 heterocycles. The summed E-state index contributed by atoms with van der Waals surface area (Å²) in [6, 6.07) is 19.6. The zero-order chi connectivity index (χ0) is 12.7. The highest BCUT2D eigenvalue weighted by Gasteiger charge is 2.15. The predicted molar refractivity (Wildman–Crippen MR) is 82.1 cm³/mol. The van der Waals surface area contributed by atoms with E-state index >= 15 is 0 Å². The second-order valence-electron chi connectivity index (χ2n) is 5.13. The lowest BCUT2D eigenvalue weighted by atomic mass is 9.93. The van der Waals surface area contributed by atoms with Crippen molar-refractivity contribution in [1.29, 1.82) is 0 Å². The van der Waals surface area contributed by atoms with Gasteiger partial charge < -0.3 is 0 Å². The number of fused-ring (bicyclic) bond motifs is 2. The summed E-state index contributed by atoms with van der Waals surface area (Å²) in [4.78, 5) is 4.72. The Kier molecular flexibility index (Phi) is 2.37. The molecule has 92 valence electrons. The van der Waals surface area contributed by atoms with Crippen LogP contribution in [0.25, 0.3) is 21.5 Å². The molecular formula is C18H15N. The topological polar surface area (TPSA) is 12.4 Å². The monoisotopic (exact) mass is 245 g/mol. The molecular weight excluding hydrogens is 230 g/mol. The number of benzene rings is 3. The Balaban J connectivity index is 2.19. The van der Waals surface area contributed by atoms with E-state index in [1.807, 2.05) is 0 Å². The van der Waals surface area contributed by atoms with Gasteiger partial charge in [0.25, 0.3) is 0 Å². The molecule has 0 aliphatic carbocycles. The molecule has 0 spiro atoms. The van der Waals surface area contributed by atoms with Gasteiger partial charge >= 0.3 is 0 Å². The van der Waals surface area contributed by atoms with Gasteiger partial charge in [-0.25, -0.2) is 0 Å². The SMILES string of the molecule is c1ccc2c(C3=NCCC3)c3ccccc3cc2c1. The molecule has 0 unspecified atom stereocenters. The van der Waals surface area contributed by atoms with E-state index in [0.717, 1.165) is 13.0 Å². The molecule has 0 atom stereocenters.